The minimum atomic E-state index is -0.408. The van der Waals surface area contributed by atoms with Crippen LogP contribution in [0.5, 0.6) is 5.75 Å². The Labute approximate surface area is 408 Å². The van der Waals surface area contributed by atoms with Gasteiger partial charge in [0.15, 0.2) is 6.54 Å². The molecule has 0 radical (unpaired) electrons. The highest BCUT2D eigenvalue weighted by Gasteiger charge is 2.40. The molecule has 9 nitrogen and oxygen atoms in total. The molecular formula is C60H67N4O5+. The van der Waals surface area contributed by atoms with E-state index in [1.165, 1.54) is 0 Å². The fourth-order valence-electron chi connectivity index (χ4n) is 9.16. The second-order valence-electron chi connectivity index (χ2n) is 18.1. The Kier molecular flexibility index (Phi) is 17.0. The van der Waals surface area contributed by atoms with Gasteiger partial charge in [-0.25, -0.2) is 0 Å². The predicted molar refractivity (Wildman–Crippen MR) is 281 cm³/mol. The molecule has 9 heteroatoms. The van der Waals surface area contributed by atoms with Crippen LogP contribution in [0.2, 0.25) is 0 Å². The maximum Gasteiger partial charge on any atom is 0.255 e. The second-order valence-corrected chi connectivity index (χ2v) is 18.1. The van der Waals surface area contributed by atoms with Gasteiger partial charge in [0.1, 0.15) is 11.5 Å². The molecule has 5 aromatic carbocycles. The second kappa shape index (κ2) is 23.6. The number of hydrogen-bond acceptors (Lipinski definition) is 6. The third kappa shape index (κ3) is 11.9. The van der Waals surface area contributed by atoms with E-state index in [1.807, 2.05) is 78.9 Å². The summed E-state index contributed by atoms with van der Waals surface area (Å²) < 4.78 is 7.94. The summed E-state index contributed by atoms with van der Waals surface area (Å²) in [7, 11) is 1.65. The predicted octanol–water partition coefficient (Wildman–Crippen LogP) is 13.6. The van der Waals surface area contributed by atoms with E-state index in [1.54, 1.807) is 49.6 Å². The molecular weight excluding hydrogens is 857 g/mol. The number of methoxy groups -OCH3 is 1. The fraction of sp³-hybridized carbons (Fsp3) is 0.300. The highest BCUT2D eigenvalue weighted by Crippen LogP contribution is 2.44. The van der Waals surface area contributed by atoms with Crippen molar-refractivity contribution in [2.45, 2.75) is 86.0 Å². The number of rotatable bonds is 21. The number of nitrogens with one attached hydrogen (secondary N) is 2. The third-order valence-corrected chi connectivity index (χ3v) is 13.3. The lowest BCUT2D eigenvalue weighted by Gasteiger charge is -2.31. The van der Waals surface area contributed by atoms with Crippen LogP contribution in [0.25, 0.3) is 5.57 Å². The molecule has 2 amide bonds. The van der Waals surface area contributed by atoms with E-state index < -0.39 is 5.78 Å². The van der Waals surface area contributed by atoms with Crippen LogP contribution in [0, 0.1) is 18.8 Å². The Morgan fingerprint density at radius 3 is 1.96 bits per heavy atom. The topological polar surface area (TPSA) is 111 Å². The fourth-order valence-corrected chi connectivity index (χ4v) is 9.16. The van der Waals surface area contributed by atoms with Gasteiger partial charge in [0.25, 0.3) is 11.8 Å². The van der Waals surface area contributed by atoms with Crippen LogP contribution in [-0.4, -0.2) is 53.2 Å². The molecule has 0 bridgehead atoms. The number of aliphatic hydroxyl groups is 1. The Morgan fingerprint density at radius 1 is 0.696 bits per heavy atom. The van der Waals surface area contributed by atoms with Gasteiger partial charge in [-0.3, -0.25) is 14.4 Å². The third-order valence-electron chi connectivity index (χ3n) is 13.3. The van der Waals surface area contributed by atoms with Gasteiger partial charge in [-0.2, -0.15) is 4.58 Å². The maximum absolute atomic E-state index is 14.8. The monoisotopic (exact) mass is 924 g/mol. The lowest BCUT2D eigenvalue weighted by atomic mass is 9.78. The summed E-state index contributed by atoms with van der Waals surface area (Å²) in [5, 5.41) is 18.5. The molecule has 0 saturated heterocycles. The van der Waals surface area contributed by atoms with Crippen molar-refractivity contribution < 1.29 is 28.8 Å². The lowest BCUT2D eigenvalue weighted by Crippen LogP contribution is -2.31. The van der Waals surface area contributed by atoms with Gasteiger partial charge < -0.3 is 25.4 Å². The van der Waals surface area contributed by atoms with Gasteiger partial charge in [-0.05, 0) is 98.3 Å². The molecule has 356 valence electrons. The summed E-state index contributed by atoms with van der Waals surface area (Å²) >= 11 is 0. The minimum Gasteiger partial charge on any atom is -0.506 e. The molecule has 0 heterocycles. The maximum atomic E-state index is 14.8. The van der Waals surface area contributed by atoms with Crippen molar-refractivity contribution in [2.75, 3.05) is 30.4 Å². The smallest absolute Gasteiger partial charge is 0.255 e. The molecule has 0 aromatic heterocycles. The van der Waals surface area contributed by atoms with Gasteiger partial charge in [0, 0.05) is 76.5 Å². The summed E-state index contributed by atoms with van der Waals surface area (Å²) in [6.07, 6.45) is 14.3. The Bertz CT molecular complexity index is 2800. The number of nitrogens with zero attached hydrogens (tertiary/aromatic N) is 2. The standard InChI is InChI=1S/C60H66N4O5/c1-7-11-22-42(9-3)39-63(46-28-19-21-41(5)35-46)48-31-33-51(53(37-48)61-59(67)44-24-15-13-16-25-44)55-57(65)56(58(55)66)52-34-32-49(38-54(52)62-60(68)45-26-17-14-18-27-45)64(40-43(10-4)23-12-8-2)47-29-20-30-50(36-47)69-6/h13-21,24-38,42-43H,7-12,22-23,39-40H2,1-6H3,(H2,61,62,65,66,67,68)/p+1. The van der Waals surface area contributed by atoms with Crippen molar-refractivity contribution in [3.63, 3.8) is 0 Å². The average molecular weight is 924 g/mol. The van der Waals surface area contributed by atoms with Crippen LogP contribution in [0.1, 0.15) is 111 Å². The van der Waals surface area contributed by atoms with E-state index >= 15 is 0 Å². The number of anilines is 3. The zero-order valence-corrected chi connectivity index (χ0v) is 41.1. The summed E-state index contributed by atoms with van der Waals surface area (Å²) in [5.41, 5.74) is 7.35. The first kappa shape index (κ1) is 49.6. The van der Waals surface area contributed by atoms with E-state index in [-0.39, 0.29) is 28.7 Å². The van der Waals surface area contributed by atoms with Gasteiger partial charge in [0.05, 0.1) is 29.6 Å². The van der Waals surface area contributed by atoms with Crippen LogP contribution in [0.3, 0.4) is 0 Å². The van der Waals surface area contributed by atoms with Gasteiger partial charge in [0.2, 0.25) is 17.2 Å². The lowest BCUT2D eigenvalue weighted by molar-refractivity contribution is -0.448. The van der Waals surface area contributed by atoms with Crippen molar-refractivity contribution in [3.8, 4) is 5.75 Å². The molecule has 5 aromatic rings. The van der Waals surface area contributed by atoms with Gasteiger partial charge in [-0.1, -0.05) is 114 Å². The summed E-state index contributed by atoms with van der Waals surface area (Å²) in [6, 6.07) is 39.8. The first-order chi connectivity index (χ1) is 33.6. The van der Waals surface area contributed by atoms with E-state index in [0.29, 0.717) is 52.0 Å². The molecule has 0 saturated carbocycles. The Hall–Kier alpha value is -7.26. The van der Waals surface area contributed by atoms with Crippen molar-refractivity contribution in [3.05, 3.63) is 190 Å². The van der Waals surface area contributed by atoms with Crippen molar-refractivity contribution in [2.24, 2.45) is 11.8 Å². The van der Waals surface area contributed by atoms with Gasteiger partial charge in [-0.15, -0.1) is 0 Å². The Morgan fingerprint density at radius 2 is 1.33 bits per heavy atom. The number of ketones is 1. The number of amides is 2. The number of carbonyl (C=O) groups excluding carboxylic acids is 3. The van der Waals surface area contributed by atoms with Crippen molar-refractivity contribution in [1.82, 2.24) is 5.32 Å². The number of benzene rings is 5. The highest BCUT2D eigenvalue weighted by molar-refractivity contribution is 6.40. The molecule has 2 aliphatic rings. The zero-order valence-electron chi connectivity index (χ0n) is 41.1. The van der Waals surface area contributed by atoms with Crippen LogP contribution >= 0.6 is 0 Å². The van der Waals surface area contributed by atoms with E-state index in [2.05, 4.69) is 79.0 Å². The van der Waals surface area contributed by atoms with Crippen molar-refractivity contribution >= 4 is 51.6 Å². The average Bonchev–Trinajstić information content (AvgIpc) is 3.38. The summed E-state index contributed by atoms with van der Waals surface area (Å²) in [6.45, 7) is 12.4. The van der Waals surface area contributed by atoms with Crippen LogP contribution in [-0.2, 0) is 4.79 Å². The summed E-state index contributed by atoms with van der Waals surface area (Å²) in [4.78, 5) is 45.0. The largest absolute Gasteiger partial charge is 0.506 e. The number of unbranched alkanes of at least 4 members (excludes halogenated alkanes) is 2. The molecule has 0 spiro atoms. The highest BCUT2D eigenvalue weighted by atomic mass is 16.5. The number of Topliss-reactive ketones (excluding diaryl/α,β-unsaturated/α-hetero) is 1. The molecule has 2 atom stereocenters. The number of allylic oxidation sites excluding steroid dienone is 5. The molecule has 2 unspecified atom stereocenters. The van der Waals surface area contributed by atoms with Gasteiger partial charge >= 0.3 is 0 Å². The van der Waals surface area contributed by atoms with E-state index in [4.69, 9.17) is 4.74 Å². The first-order valence-electron chi connectivity index (χ1n) is 24.7. The molecule has 3 N–H and O–H groups in total. The van der Waals surface area contributed by atoms with Crippen LogP contribution in [0.15, 0.2) is 168 Å². The molecule has 69 heavy (non-hydrogen) atoms. The molecule has 7 rings (SSSR count). The minimum absolute atomic E-state index is 0.0785. The van der Waals surface area contributed by atoms with Crippen LogP contribution < -0.4 is 20.3 Å². The number of carbonyl (C=O) groups is 3. The van der Waals surface area contributed by atoms with E-state index in [9.17, 15) is 19.5 Å². The first-order valence-corrected chi connectivity index (χ1v) is 24.7. The number of hydrogen-bond donors (Lipinski definition) is 3. The Balaban J connectivity index is 1.37. The molecule has 2 aliphatic carbocycles. The normalized spacial score (nSPS) is 16.0. The number of ether oxygens (including phenoxy) is 1. The summed E-state index contributed by atoms with van der Waals surface area (Å²) in [5.74, 6) is 0.201. The van der Waals surface area contributed by atoms with Crippen LogP contribution in [0.4, 0.5) is 22.7 Å². The molecule has 0 fully saturated rings. The SMILES string of the molecule is CCCCC(CC)CN(c1cccc(OC)c1)c1ccc(C2=C(O)C(=C3C=CC(=[N+](CC(CC)CCCC)c4cccc(C)c4)C=C3NC(=O)c3ccccc3)C2=O)c(NC(=O)c2ccccc2)c1. The zero-order chi connectivity index (χ0) is 48.9. The van der Waals surface area contributed by atoms with Crippen molar-refractivity contribution in [1.29, 1.82) is 0 Å². The number of aryl methyl sites for hydroxylation is 1. The quantitative estimate of drug-likeness (QED) is 0.0499. The number of aliphatic hydroxyl groups excluding tert-OH is 1. The molecule has 0 aliphatic heterocycles. The van der Waals surface area contributed by atoms with E-state index in [0.717, 1.165) is 92.0 Å².